The average molecular weight is 430 g/mol. The van der Waals surface area contributed by atoms with Crippen molar-refractivity contribution in [2.75, 3.05) is 10.6 Å². The molecule has 2 amide bonds. The first-order valence-corrected chi connectivity index (χ1v) is 10.0. The molecule has 3 rings (SSSR count). The van der Waals surface area contributed by atoms with Crippen LogP contribution >= 0.6 is 22.9 Å². The highest BCUT2D eigenvalue weighted by Gasteiger charge is 2.28. The summed E-state index contributed by atoms with van der Waals surface area (Å²) in [5.41, 5.74) is 1.25. The highest BCUT2D eigenvalue weighted by molar-refractivity contribution is 7.15. The largest absolute Gasteiger partial charge is 0.481 e. The number of nitrogens with zero attached hydrogens (tertiary/aromatic N) is 1. The van der Waals surface area contributed by atoms with E-state index in [4.69, 9.17) is 11.6 Å². The SMILES string of the molecule is CC(C)(Cc1ncc(-c2ccc(NC(=O)Nc3ccccc3Cl)cc2)s1)C(=O)O. The molecule has 8 heteroatoms. The number of hydrogen-bond acceptors (Lipinski definition) is 4. The minimum atomic E-state index is -0.863. The number of rotatable bonds is 6. The van der Waals surface area contributed by atoms with Crippen LogP contribution in [0.15, 0.2) is 54.7 Å². The number of carbonyl (C=O) groups is 2. The topological polar surface area (TPSA) is 91.3 Å². The fourth-order valence-corrected chi connectivity index (χ4v) is 3.88. The number of para-hydroxylation sites is 1. The number of anilines is 2. The summed E-state index contributed by atoms with van der Waals surface area (Å²) >= 11 is 7.50. The summed E-state index contributed by atoms with van der Waals surface area (Å²) in [5, 5.41) is 16.0. The number of carboxylic acid groups (broad SMARTS) is 1. The maximum absolute atomic E-state index is 12.1. The number of halogens is 1. The summed E-state index contributed by atoms with van der Waals surface area (Å²) in [6.45, 7) is 3.37. The molecule has 6 nitrogen and oxygen atoms in total. The van der Waals surface area contributed by atoms with Crippen LogP contribution in [0.3, 0.4) is 0 Å². The van der Waals surface area contributed by atoms with E-state index in [0.29, 0.717) is 22.8 Å². The highest BCUT2D eigenvalue weighted by atomic mass is 35.5. The van der Waals surface area contributed by atoms with E-state index in [2.05, 4.69) is 15.6 Å². The first kappa shape index (κ1) is 20.8. The lowest BCUT2D eigenvalue weighted by Crippen LogP contribution is -2.26. The Bertz CT molecular complexity index is 1030. The van der Waals surface area contributed by atoms with Crippen LogP contribution in [-0.4, -0.2) is 22.1 Å². The summed E-state index contributed by atoms with van der Waals surface area (Å²) in [6, 6.07) is 14.0. The van der Waals surface area contributed by atoms with E-state index in [9.17, 15) is 14.7 Å². The molecule has 0 atom stereocenters. The zero-order chi connectivity index (χ0) is 21.0. The minimum Gasteiger partial charge on any atom is -0.481 e. The van der Waals surface area contributed by atoms with E-state index in [1.165, 1.54) is 11.3 Å². The van der Waals surface area contributed by atoms with Crippen molar-refractivity contribution in [2.24, 2.45) is 5.41 Å². The van der Waals surface area contributed by atoms with E-state index >= 15 is 0 Å². The molecule has 0 fully saturated rings. The molecule has 0 aliphatic rings. The van der Waals surface area contributed by atoms with Crippen LogP contribution in [-0.2, 0) is 11.2 Å². The molecule has 3 N–H and O–H groups in total. The van der Waals surface area contributed by atoms with Gasteiger partial charge in [0.15, 0.2) is 0 Å². The quantitative estimate of drug-likeness (QED) is 0.464. The number of urea groups is 1. The normalized spacial score (nSPS) is 11.1. The van der Waals surface area contributed by atoms with E-state index in [0.717, 1.165) is 15.4 Å². The molecule has 0 bridgehead atoms. The predicted molar refractivity (Wildman–Crippen MR) is 117 cm³/mol. The fourth-order valence-electron chi connectivity index (χ4n) is 2.54. The molecule has 2 aromatic carbocycles. The lowest BCUT2D eigenvalue weighted by Gasteiger charge is -2.16. The molecule has 29 heavy (non-hydrogen) atoms. The Balaban J connectivity index is 1.64. The molecule has 3 aromatic rings. The van der Waals surface area contributed by atoms with Gasteiger partial charge in [-0.2, -0.15) is 0 Å². The van der Waals surface area contributed by atoms with Crippen molar-refractivity contribution in [3.63, 3.8) is 0 Å². The predicted octanol–water partition coefficient (Wildman–Crippen LogP) is 5.76. The third-order valence-corrected chi connectivity index (χ3v) is 5.65. The average Bonchev–Trinajstić information content (AvgIpc) is 3.12. The standard InChI is InChI=1S/C21H20ClN3O3S/c1-21(2,19(26)27)11-18-23-12-17(29-18)13-7-9-14(10-8-13)24-20(28)25-16-6-4-3-5-15(16)22/h3-10,12H,11H2,1-2H3,(H,26,27)(H2,24,25,28). The van der Waals surface area contributed by atoms with Crippen LogP contribution in [0.1, 0.15) is 18.9 Å². The van der Waals surface area contributed by atoms with Crippen molar-refractivity contribution in [3.05, 3.63) is 64.8 Å². The van der Waals surface area contributed by atoms with Crippen LogP contribution < -0.4 is 10.6 Å². The zero-order valence-electron chi connectivity index (χ0n) is 15.9. The second-order valence-electron chi connectivity index (χ2n) is 7.12. The Hall–Kier alpha value is -2.90. The first-order valence-electron chi connectivity index (χ1n) is 8.86. The van der Waals surface area contributed by atoms with E-state index in [-0.39, 0.29) is 6.03 Å². The van der Waals surface area contributed by atoms with Crippen molar-refractivity contribution >= 4 is 46.3 Å². The van der Waals surface area contributed by atoms with E-state index < -0.39 is 11.4 Å². The molecule has 1 aromatic heterocycles. The van der Waals surface area contributed by atoms with Crippen LogP contribution in [0.4, 0.5) is 16.2 Å². The number of carbonyl (C=O) groups excluding carboxylic acids is 1. The number of aliphatic carboxylic acids is 1. The summed E-state index contributed by atoms with van der Waals surface area (Å²) in [7, 11) is 0. The molecular weight excluding hydrogens is 410 g/mol. The molecular formula is C21H20ClN3O3S. The molecule has 1 heterocycles. The van der Waals surface area contributed by atoms with Gasteiger partial charge >= 0.3 is 12.0 Å². The number of benzene rings is 2. The number of aromatic nitrogens is 1. The van der Waals surface area contributed by atoms with Gasteiger partial charge in [0.2, 0.25) is 0 Å². The Labute approximate surface area is 177 Å². The van der Waals surface area contributed by atoms with Crippen LogP contribution in [0.5, 0.6) is 0 Å². The fraction of sp³-hybridized carbons (Fsp3) is 0.190. The minimum absolute atomic E-state index is 0.370. The molecule has 0 unspecified atom stereocenters. The second kappa shape index (κ2) is 8.63. The number of carboxylic acids is 1. The smallest absolute Gasteiger partial charge is 0.323 e. The molecule has 0 saturated carbocycles. The number of nitrogens with one attached hydrogen (secondary N) is 2. The van der Waals surface area contributed by atoms with Crippen molar-refractivity contribution in [3.8, 4) is 10.4 Å². The van der Waals surface area contributed by atoms with Crippen molar-refractivity contribution in [2.45, 2.75) is 20.3 Å². The van der Waals surface area contributed by atoms with Crippen LogP contribution in [0.2, 0.25) is 5.02 Å². The maximum atomic E-state index is 12.1. The Morgan fingerprint density at radius 1 is 1.10 bits per heavy atom. The van der Waals surface area contributed by atoms with Crippen LogP contribution in [0, 0.1) is 5.41 Å². The van der Waals surface area contributed by atoms with Gasteiger partial charge in [-0.3, -0.25) is 4.79 Å². The second-order valence-corrected chi connectivity index (χ2v) is 8.64. The molecule has 0 spiro atoms. The van der Waals surface area contributed by atoms with Crippen molar-refractivity contribution in [1.82, 2.24) is 4.98 Å². The monoisotopic (exact) mass is 429 g/mol. The summed E-state index contributed by atoms with van der Waals surface area (Å²) in [6.07, 6.45) is 2.11. The van der Waals surface area contributed by atoms with Crippen molar-refractivity contribution in [1.29, 1.82) is 0 Å². The van der Waals surface area contributed by atoms with Gasteiger partial charge in [0, 0.05) is 18.3 Å². The maximum Gasteiger partial charge on any atom is 0.323 e. The van der Waals surface area contributed by atoms with Crippen molar-refractivity contribution < 1.29 is 14.7 Å². The lowest BCUT2D eigenvalue weighted by atomic mass is 9.90. The number of thiazole rings is 1. The van der Waals surface area contributed by atoms with Gasteiger partial charge in [-0.05, 0) is 43.7 Å². The third kappa shape index (κ3) is 5.34. The summed E-state index contributed by atoms with van der Waals surface area (Å²) in [4.78, 5) is 28.7. The Kier molecular flexibility index (Phi) is 6.20. The molecule has 0 radical (unpaired) electrons. The third-order valence-electron chi connectivity index (χ3n) is 4.28. The molecule has 0 aliphatic heterocycles. The highest BCUT2D eigenvalue weighted by Crippen LogP contribution is 2.31. The Morgan fingerprint density at radius 3 is 2.45 bits per heavy atom. The van der Waals surface area contributed by atoms with Gasteiger partial charge in [0.1, 0.15) is 0 Å². The van der Waals surface area contributed by atoms with Gasteiger partial charge in [0.05, 0.1) is 26.0 Å². The van der Waals surface area contributed by atoms with Gasteiger partial charge in [-0.25, -0.2) is 9.78 Å². The van der Waals surface area contributed by atoms with Gasteiger partial charge in [-0.1, -0.05) is 35.9 Å². The lowest BCUT2D eigenvalue weighted by molar-refractivity contribution is -0.146. The first-order chi connectivity index (χ1) is 13.7. The summed E-state index contributed by atoms with van der Waals surface area (Å²) < 4.78 is 0. The zero-order valence-corrected chi connectivity index (χ0v) is 17.5. The van der Waals surface area contributed by atoms with Gasteiger partial charge in [0.25, 0.3) is 0 Å². The van der Waals surface area contributed by atoms with Crippen LogP contribution in [0.25, 0.3) is 10.4 Å². The van der Waals surface area contributed by atoms with E-state index in [1.807, 2.05) is 12.1 Å². The molecule has 0 aliphatic carbocycles. The van der Waals surface area contributed by atoms with E-state index in [1.54, 1.807) is 56.4 Å². The summed E-state index contributed by atoms with van der Waals surface area (Å²) in [5.74, 6) is -0.847. The molecule has 150 valence electrons. The Morgan fingerprint density at radius 2 is 1.79 bits per heavy atom. The number of amides is 2. The van der Waals surface area contributed by atoms with Gasteiger partial charge < -0.3 is 15.7 Å². The van der Waals surface area contributed by atoms with Gasteiger partial charge in [-0.15, -0.1) is 11.3 Å². The molecule has 0 saturated heterocycles. The number of hydrogen-bond donors (Lipinski definition) is 3.